The Hall–Kier alpha value is -1.81. The van der Waals surface area contributed by atoms with Crippen LogP contribution in [0.5, 0.6) is 5.75 Å². The van der Waals surface area contributed by atoms with Crippen LogP contribution in [0.1, 0.15) is 0 Å². The summed E-state index contributed by atoms with van der Waals surface area (Å²) < 4.78 is 52.2. The van der Waals surface area contributed by atoms with Crippen LogP contribution in [0.2, 0.25) is 5.02 Å². The number of nitrogens with one attached hydrogen (secondary N) is 1. The van der Waals surface area contributed by atoms with Gasteiger partial charge in [0.25, 0.3) is 10.0 Å². The molecule has 0 unspecified atom stereocenters. The van der Waals surface area contributed by atoms with Crippen molar-refractivity contribution in [2.24, 2.45) is 0 Å². The lowest BCUT2D eigenvalue weighted by molar-refractivity contribution is 0.459. The molecule has 2 rings (SSSR count). The fraction of sp³-hybridized carbons (Fsp3) is 0.143. The summed E-state index contributed by atoms with van der Waals surface area (Å²) in [6.07, 6.45) is 0. The molecule has 0 aromatic heterocycles. The van der Waals surface area contributed by atoms with Crippen molar-refractivity contribution in [3.8, 4) is 5.75 Å². The molecule has 0 heterocycles. The summed E-state index contributed by atoms with van der Waals surface area (Å²) in [6, 6.07) is 9.26. The molecule has 0 saturated carbocycles. The van der Waals surface area contributed by atoms with Crippen LogP contribution in [0.4, 0.5) is 5.69 Å². The molecule has 2 aromatic rings. The van der Waals surface area contributed by atoms with Crippen molar-refractivity contribution in [2.75, 3.05) is 18.8 Å². The van der Waals surface area contributed by atoms with Crippen LogP contribution in [0.3, 0.4) is 0 Å². The van der Waals surface area contributed by atoms with E-state index in [-0.39, 0.29) is 15.6 Å². The van der Waals surface area contributed by atoms with E-state index < -0.39 is 30.7 Å². The standard InChI is InChI=1S/C14H15ClN2O5S2/c1-17(2)24(21,22)11-6-3-5-10(9-11)16-23(19,20)13-8-4-7-12(15)14(13)18/h3-9,16,18H,1-2H3. The number of para-hydroxylation sites is 1. The number of phenols is 1. The Morgan fingerprint density at radius 2 is 1.67 bits per heavy atom. The Kier molecular flexibility index (Phi) is 5.09. The Morgan fingerprint density at radius 3 is 2.29 bits per heavy atom. The van der Waals surface area contributed by atoms with Crippen LogP contribution in [0.15, 0.2) is 52.3 Å². The minimum Gasteiger partial charge on any atom is -0.505 e. The van der Waals surface area contributed by atoms with Gasteiger partial charge in [-0.15, -0.1) is 0 Å². The molecule has 7 nitrogen and oxygen atoms in total. The van der Waals surface area contributed by atoms with Gasteiger partial charge in [-0.25, -0.2) is 21.1 Å². The van der Waals surface area contributed by atoms with Crippen molar-refractivity contribution >= 4 is 37.3 Å². The average molecular weight is 391 g/mol. The van der Waals surface area contributed by atoms with E-state index >= 15 is 0 Å². The molecule has 24 heavy (non-hydrogen) atoms. The molecule has 0 bridgehead atoms. The summed E-state index contributed by atoms with van der Waals surface area (Å²) in [6.45, 7) is 0. The summed E-state index contributed by atoms with van der Waals surface area (Å²) in [5.41, 5.74) is 0.0392. The maximum absolute atomic E-state index is 12.4. The molecule has 0 atom stereocenters. The topological polar surface area (TPSA) is 104 Å². The van der Waals surface area contributed by atoms with Crippen LogP contribution in [-0.4, -0.2) is 40.3 Å². The smallest absolute Gasteiger partial charge is 0.265 e. The first-order chi connectivity index (χ1) is 11.1. The van der Waals surface area contributed by atoms with Gasteiger partial charge in [-0.1, -0.05) is 23.7 Å². The van der Waals surface area contributed by atoms with Gasteiger partial charge in [0.15, 0.2) is 5.75 Å². The van der Waals surface area contributed by atoms with E-state index in [1.54, 1.807) is 0 Å². The second-order valence-electron chi connectivity index (χ2n) is 5.01. The number of hydrogen-bond donors (Lipinski definition) is 2. The highest BCUT2D eigenvalue weighted by molar-refractivity contribution is 7.92. The van der Waals surface area contributed by atoms with Gasteiger partial charge in [0, 0.05) is 14.1 Å². The lowest BCUT2D eigenvalue weighted by Gasteiger charge is -2.14. The molecule has 2 aromatic carbocycles. The molecule has 0 radical (unpaired) electrons. The second kappa shape index (κ2) is 6.60. The van der Waals surface area contributed by atoms with Gasteiger partial charge in [-0.2, -0.15) is 0 Å². The van der Waals surface area contributed by atoms with Crippen LogP contribution in [0.25, 0.3) is 0 Å². The summed E-state index contributed by atoms with van der Waals surface area (Å²) >= 11 is 5.72. The Labute approximate surface area is 145 Å². The van der Waals surface area contributed by atoms with Gasteiger partial charge < -0.3 is 5.11 Å². The summed E-state index contributed by atoms with van der Waals surface area (Å²) in [5, 5.41) is 9.70. The summed E-state index contributed by atoms with van der Waals surface area (Å²) in [5.74, 6) is -0.580. The first-order valence-corrected chi connectivity index (χ1v) is 9.89. The van der Waals surface area contributed by atoms with E-state index in [4.69, 9.17) is 11.6 Å². The van der Waals surface area contributed by atoms with E-state index in [9.17, 15) is 21.9 Å². The number of phenolic OH excluding ortho intramolecular Hbond substituents is 1. The molecule has 0 aliphatic carbocycles. The molecule has 2 N–H and O–H groups in total. The average Bonchev–Trinajstić information content (AvgIpc) is 2.49. The zero-order valence-corrected chi connectivity index (χ0v) is 15.2. The minimum absolute atomic E-state index is 0.0392. The Bertz CT molecular complexity index is 972. The third kappa shape index (κ3) is 3.64. The van der Waals surface area contributed by atoms with Gasteiger partial charge in [0.05, 0.1) is 15.6 Å². The normalized spacial score (nSPS) is 12.3. The zero-order chi connectivity index (χ0) is 18.1. The third-order valence-corrected chi connectivity index (χ3v) is 6.63. The maximum Gasteiger partial charge on any atom is 0.265 e. The molecule has 0 amide bonds. The lowest BCUT2D eigenvalue weighted by atomic mass is 10.3. The number of nitrogens with zero attached hydrogens (tertiary/aromatic N) is 1. The van der Waals surface area contributed by atoms with Crippen molar-refractivity contribution in [1.29, 1.82) is 0 Å². The van der Waals surface area contributed by atoms with Crippen molar-refractivity contribution in [3.63, 3.8) is 0 Å². The van der Waals surface area contributed by atoms with Crippen molar-refractivity contribution in [1.82, 2.24) is 4.31 Å². The van der Waals surface area contributed by atoms with Gasteiger partial charge in [0.2, 0.25) is 10.0 Å². The number of benzene rings is 2. The van der Waals surface area contributed by atoms with Crippen molar-refractivity contribution in [3.05, 3.63) is 47.5 Å². The van der Waals surface area contributed by atoms with E-state index in [0.717, 1.165) is 4.31 Å². The molecule has 130 valence electrons. The molecule has 10 heteroatoms. The van der Waals surface area contributed by atoms with E-state index in [0.29, 0.717) is 0 Å². The molecule has 0 fully saturated rings. The predicted octanol–water partition coefficient (Wildman–Crippen LogP) is 2.10. The lowest BCUT2D eigenvalue weighted by Crippen LogP contribution is -2.22. The van der Waals surface area contributed by atoms with E-state index in [1.165, 1.54) is 56.6 Å². The monoisotopic (exact) mass is 390 g/mol. The SMILES string of the molecule is CN(C)S(=O)(=O)c1cccc(NS(=O)(=O)c2cccc(Cl)c2O)c1. The number of aromatic hydroxyl groups is 1. The number of anilines is 1. The second-order valence-corrected chi connectivity index (χ2v) is 9.22. The van der Waals surface area contributed by atoms with E-state index in [1.807, 2.05) is 0 Å². The van der Waals surface area contributed by atoms with Gasteiger partial charge >= 0.3 is 0 Å². The fourth-order valence-electron chi connectivity index (χ4n) is 1.85. The maximum atomic E-state index is 12.4. The Balaban J connectivity index is 2.43. The van der Waals surface area contributed by atoms with Crippen LogP contribution < -0.4 is 4.72 Å². The van der Waals surface area contributed by atoms with Gasteiger partial charge in [-0.05, 0) is 30.3 Å². The number of halogens is 1. The molecular formula is C14H15ClN2O5S2. The number of sulfonamides is 2. The van der Waals surface area contributed by atoms with Crippen molar-refractivity contribution in [2.45, 2.75) is 9.79 Å². The van der Waals surface area contributed by atoms with Gasteiger partial charge in [0.1, 0.15) is 4.90 Å². The third-order valence-electron chi connectivity index (χ3n) is 3.10. The van der Waals surface area contributed by atoms with Crippen LogP contribution in [0, 0.1) is 0 Å². The summed E-state index contributed by atoms with van der Waals surface area (Å²) in [4.78, 5) is -0.473. The highest BCUT2D eigenvalue weighted by Crippen LogP contribution is 2.31. The molecular weight excluding hydrogens is 376 g/mol. The molecule has 0 aliphatic heterocycles. The quantitative estimate of drug-likeness (QED) is 0.813. The van der Waals surface area contributed by atoms with Crippen LogP contribution in [-0.2, 0) is 20.0 Å². The largest absolute Gasteiger partial charge is 0.505 e. The fourth-order valence-corrected chi connectivity index (χ4v) is 4.20. The molecule has 0 aliphatic rings. The molecule has 0 saturated heterocycles. The van der Waals surface area contributed by atoms with Crippen molar-refractivity contribution < 1.29 is 21.9 Å². The first-order valence-electron chi connectivity index (χ1n) is 6.58. The first kappa shape index (κ1) is 18.5. The highest BCUT2D eigenvalue weighted by atomic mass is 35.5. The minimum atomic E-state index is -4.14. The van der Waals surface area contributed by atoms with E-state index in [2.05, 4.69) is 4.72 Å². The zero-order valence-electron chi connectivity index (χ0n) is 12.8. The Morgan fingerprint density at radius 1 is 1.04 bits per heavy atom. The predicted molar refractivity (Wildman–Crippen MR) is 91.2 cm³/mol. The highest BCUT2D eigenvalue weighted by Gasteiger charge is 2.22. The number of hydrogen-bond acceptors (Lipinski definition) is 5. The van der Waals surface area contributed by atoms with Crippen LogP contribution >= 0.6 is 11.6 Å². The molecule has 0 spiro atoms. The van der Waals surface area contributed by atoms with Gasteiger partial charge in [-0.3, -0.25) is 4.72 Å². The summed E-state index contributed by atoms with van der Waals surface area (Å²) in [7, 11) is -5.11. The number of rotatable bonds is 5.